The van der Waals surface area contributed by atoms with Gasteiger partial charge in [-0.05, 0) is 0 Å². The van der Waals surface area contributed by atoms with Crippen LogP contribution in [0.2, 0.25) is 0 Å². The third kappa shape index (κ3) is 2.69. The van der Waals surface area contributed by atoms with E-state index in [1.54, 1.807) is 0 Å². The Morgan fingerprint density at radius 2 is 2.12 bits per heavy atom. The molecular weight excluding hydrogens is 218 g/mol. The number of rotatable bonds is 3. The van der Waals surface area contributed by atoms with Crippen LogP contribution in [0.4, 0.5) is 0 Å². The van der Waals surface area contributed by atoms with Crippen LogP contribution in [0.25, 0.3) is 0 Å². The summed E-state index contributed by atoms with van der Waals surface area (Å²) < 4.78 is 9.96. The van der Waals surface area contributed by atoms with Crippen molar-refractivity contribution < 1.29 is 29.6 Å². The number of carbonyl (C=O) groups excluding carboxylic acids is 1. The van der Waals surface area contributed by atoms with Crippen molar-refractivity contribution >= 4 is 5.91 Å². The fraction of sp³-hybridized carbons (Fsp3) is 0.889. The lowest BCUT2D eigenvalue weighted by Gasteiger charge is -2.41. The van der Waals surface area contributed by atoms with E-state index >= 15 is 0 Å². The molecule has 0 saturated carbocycles. The van der Waals surface area contributed by atoms with Gasteiger partial charge in [0.2, 0.25) is 5.91 Å². The molecule has 1 saturated heterocycles. The highest BCUT2D eigenvalue weighted by atomic mass is 16.6. The first-order valence-electron chi connectivity index (χ1n) is 4.93. The van der Waals surface area contributed by atoms with E-state index in [-0.39, 0.29) is 5.91 Å². The standard InChI is InChI=1S/C9H17NO6/c1-4(12)10-6-8(15-2)7(13)5(3-11)16-9(6)14/h5-9,11,13-14H,3H2,1-2H3,(H,10,12)/t5-,6+,7-,8+,9-/m1/s1. The lowest BCUT2D eigenvalue weighted by atomic mass is 9.97. The summed E-state index contributed by atoms with van der Waals surface area (Å²) in [5.74, 6) is -0.371. The average Bonchev–Trinajstić information content (AvgIpc) is 2.23. The maximum Gasteiger partial charge on any atom is 0.217 e. The Morgan fingerprint density at radius 3 is 2.56 bits per heavy atom. The first-order valence-corrected chi connectivity index (χ1v) is 4.93. The van der Waals surface area contributed by atoms with Gasteiger partial charge < -0.3 is 30.1 Å². The van der Waals surface area contributed by atoms with E-state index in [2.05, 4.69) is 5.32 Å². The van der Waals surface area contributed by atoms with Gasteiger partial charge in [-0.3, -0.25) is 4.79 Å². The SMILES string of the molecule is CO[C@@H]1[C@H](O)[C@@H](CO)O[C@@H](O)[C@H]1NC(C)=O. The summed E-state index contributed by atoms with van der Waals surface area (Å²) in [6.07, 6.45) is -4.19. The lowest BCUT2D eigenvalue weighted by Crippen LogP contribution is -2.64. The molecule has 0 bridgehead atoms. The summed E-state index contributed by atoms with van der Waals surface area (Å²) >= 11 is 0. The molecule has 0 radical (unpaired) electrons. The van der Waals surface area contributed by atoms with Gasteiger partial charge in [0.05, 0.1) is 6.61 Å². The molecule has 16 heavy (non-hydrogen) atoms. The van der Waals surface area contributed by atoms with Crippen LogP contribution in [0.1, 0.15) is 6.92 Å². The molecule has 94 valence electrons. The predicted octanol–water partition coefficient (Wildman–Crippen LogP) is -2.42. The molecule has 7 nitrogen and oxygen atoms in total. The topological polar surface area (TPSA) is 108 Å². The summed E-state index contributed by atoms with van der Waals surface area (Å²) in [4.78, 5) is 10.9. The maximum atomic E-state index is 10.9. The number of hydrogen-bond acceptors (Lipinski definition) is 6. The Balaban J connectivity index is 2.78. The molecule has 1 heterocycles. The summed E-state index contributed by atoms with van der Waals surface area (Å²) in [7, 11) is 1.34. The van der Waals surface area contributed by atoms with Gasteiger partial charge in [-0.1, -0.05) is 0 Å². The monoisotopic (exact) mass is 235 g/mol. The molecule has 0 aromatic rings. The molecule has 0 aliphatic carbocycles. The fourth-order valence-corrected chi connectivity index (χ4v) is 1.76. The quantitative estimate of drug-likeness (QED) is 0.433. The number of hydrogen-bond donors (Lipinski definition) is 4. The Morgan fingerprint density at radius 1 is 1.50 bits per heavy atom. The highest BCUT2D eigenvalue weighted by Crippen LogP contribution is 2.21. The highest BCUT2D eigenvalue weighted by Gasteiger charge is 2.45. The molecule has 4 N–H and O–H groups in total. The van der Waals surface area contributed by atoms with Gasteiger partial charge in [0.15, 0.2) is 6.29 Å². The summed E-state index contributed by atoms with van der Waals surface area (Å²) in [6.45, 7) is 0.842. The maximum absolute atomic E-state index is 10.9. The number of nitrogens with one attached hydrogen (secondary N) is 1. The Kier molecular flexibility index (Phi) is 4.63. The van der Waals surface area contributed by atoms with E-state index in [0.29, 0.717) is 0 Å². The molecule has 5 atom stereocenters. The molecule has 0 aromatic heterocycles. The second-order valence-electron chi connectivity index (χ2n) is 3.66. The van der Waals surface area contributed by atoms with Gasteiger partial charge in [-0.15, -0.1) is 0 Å². The van der Waals surface area contributed by atoms with Crippen molar-refractivity contribution in [3.63, 3.8) is 0 Å². The fourth-order valence-electron chi connectivity index (χ4n) is 1.76. The van der Waals surface area contributed by atoms with E-state index < -0.39 is 37.3 Å². The van der Waals surface area contributed by atoms with Crippen molar-refractivity contribution in [1.82, 2.24) is 5.32 Å². The molecular formula is C9H17NO6. The minimum atomic E-state index is -1.32. The van der Waals surface area contributed by atoms with E-state index in [1.807, 2.05) is 0 Å². The van der Waals surface area contributed by atoms with Crippen molar-refractivity contribution in [1.29, 1.82) is 0 Å². The normalized spacial score (nSPS) is 39.4. The Bertz CT molecular complexity index is 248. The second-order valence-corrected chi connectivity index (χ2v) is 3.66. The molecule has 7 heteroatoms. The minimum Gasteiger partial charge on any atom is -0.394 e. The smallest absolute Gasteiger partial charge is 0.217 e. The Labute approximate surface area is 93.0 Å². The highest BCUT2D eigenvalue weighted by molar-refractivity contribution is 5.73. The van der Waals surface area contributed by atoms with Gasteiger partial charge in [-0.25, -0.2) is 0 Å². The number of ether oxygens (including phenoxy) is 2. The zero-order valence-electron chi connectivity index (χ0n) is 9.16. The first-order chi connectivity index (χ1) is 7.51. The van der Waals surface area contributed by atoms with E-state index in [0.717, 1.165) is 0 Å². The van der Waals surface area contributed by atoms with Gasteiger partial charge in [0.25, 0.3) is 0 Å². The van der Waals surface area contributed by atoms with Crippen molar-refractivity contribution in [2.45, 2.75) is 37.6 Å². The van der Waals surface area contributed by atoms with E-state index in [9.17, 15) is 15.0 Å². The minimum absolute atomic E-state index is 0.371. The van der Waals surface area contributed by atoms with Crippen molar-refractivity contribution in [3.8, 4) is 0 Å². The zero-order valence-corrected chi connectivity index (χ0v) is 9.16. The average molecular weight is 235 g/mol. The molecule has 1 aliphatic heterocycles. The van der Waals surface area contributed by atoms with Gasteiger partial charge in [0, 0.05) is 14.0 Å². The van der Waals surface area contributed by atoms with Crippen LogP contribution >= 0.6 is 0 Å². The zero-order chi connectivity index (χ0) is 12.3. The van der Waals surface area contributed by atoms with Crippen molar-refractivity contribution in [3.05, 3.63) is 0 Å². The third-order valence-electron chi connectivity index (χ3n) is 2.51. The molecule has 1 rings (SSSR count). The number of carbonyl (C=O) groups is 1. The Hall–Kier alpha value is -0.730. The number of aliphatic hydroxyl groups is 3. The van der Waals surface area contributed by atoms with E-state index in [1.165, 1.54) is 14.0 Å². The van der Waals surface area contributed by atoms with Crippen LogP contribution in [-0.2, 0) is 14.3 Å². The van der Waals surface area contributed by atoms with Crippen LogP contribution in [0.15, 0.2) is 0 Å². The molecule has 0 spiro atoms. The van der Waals surface area contributed by atoms with Crippen LogP contribution in [0.5, 0.6) is 0 Å². The predicted molar refractivity (Wildman–Crippen MR) is 52.4 cm³/mol. The molecule has 0 unspecified atom stereocenters. The number of amides is 1. The largest absolute Gasteiger partial charge is 0.394 e. The van der Waals surface area contributed by atoms with Crippen molar-refractivity contribution in [2.24, 2.45) is 0 Å². The summed E-state index contributed by atoms with van der Waals surface area (Å²) in [5.41, 5.74) is 0. The van der Waals surface area contributed by atoms with Gasteiger partial charge in [0.1, 0.15) is 24.4 Å². The third-order valence-corrected chi connectivity index (χ3v) is 2.51. The summed E-state index contributed by atoms with van der Waals surface area (Å²) in [6, 6.07) is -0.861. The van der Waals surface area contributed by atoms with Gasteiger partial charge in [-0.2, -0.15) is 0 Å². The number of aliphatic hydroxyl groups excluding tert-OH is 3. The van der Waals surface area contributed by atoms with E-state index in [4.69, 9.17) is 14.6 Å². The molecule has 1 amide bonds. The van der Waals surface area contributed by atoms with Crippen LogP contribution in [0, 0.1) is 0 Å². The second kappa shape index (κ2) is 5.55. The van der Waals surface area contributed by atoms with Crippen LogP contribution in [-0.4, -0.2) is 65.6 Å². The molecule has 1 aliphatic rings. The molecule has 1 fully saturated rings. The van der Waals surface area contributed by atoms with Crippen molar-refractivity contribution in [2.75, 3.05) is 13.7 Å². The van der Waals surface area contributed by atoms with Gasteiger partial charge >= 0.3 is 0 Å². The number of methoxy groups -OCH3 is 1. The first kappa shape index (κ1) is 13.3. The summed E-state index contributed by atoms with van der Waals surface area (Å²) in [5, 5.41) is 30.7. The molecule has 0 aromatic carbocycles. The van der Waals surface area contributed by atoms with Crippen LogP contribution < -0.4 is 5.32 Å². The lowest BCUT2D eigenvalue weighted by molar-refractivity contribution is -0.258. The van der Waals surface area contributed by atoms with Crippen LogP contribution in [0.3, 0.4) is 0 Å².